The molecule has 0 saturated carbocycles. The van der Waals surface area contributed by atoms with E-state index in [9.17, 15) is 17.6 Å². The number of piperidine rings is 1. The zero-order valence-electron chi connectivity index (χ0n) is 17.6. The number of hydrogen-bond acceptors (Lipinski definition) is 6. The largest absolute Gasteiger partial charge is 0.492 e. The van der Waals surface area contributed by atoms with Gasteiger partial charge in [-0.2, -0.15) is 4.31 Å². The Morgan fingerprint density at radius 1 is 1.23 bits per heavy atom. The van der Waals surface area contributed by atoms with Crippen LogP contribution in [0.25, 0.3) is 0 Å². The van der Waals surface area contributed by atoms with Crippen molar-refractivity contribution in [3.63, 3.8) is 0 Å². The van der Waals surface area contributed by atoms with Crippen molar-refractivity contribution in [3.8, 4) is 5.75 Å². The molecule has 0 radical (unpaired) electrons. The van der Waals surface area contributed by atoms with E-state index in [0.29, 0.717) is 18.4 Å². The van der Waals surface area contributed by atoms with E-state index < -0.39 is 21.7 Å². The fourth-order valence-corrected chi connectivity index (χ4v) is 4.72. The zero-order chi connectivity index (χ0) is 21.7. The van der Waals surface area contributed by atoms with Crippen molar-refractivity contribution in [1.82, 2.24) is 19.4 Å². The summed E-state index contributed by atoms with van der Waals surface area (Å²) >= 11 is 0. The number of ether oxygens (including phenoxy) is 1. The summed E-state index contributed by atoms with van der Waals surface area (Å²) in [5.41, 5.74) is -0.0259. The normalized spacial score (nSPS) is 19.3. The molecule has 2 heterocycles. The van der Waals surface area contributed by atoms with Crippen LogP contribution in [0.15, 0.2) is 18.2 Å². The number of halogens is 1. The molecule has 2 aliphatic rings. The quantitative estimate of drug-likeness (QED) is 0.666. The van der Waals surface area contributed by atoms with Gasteiger partial charge in [0.25, 0.3) is 5.91 Å². The van der Waals surface area contributed by atoms with Crippen molar-refractivity contribution in [3.05, 3.63) is 29.6 Å². The molecule has 1 N–H and O–H groups in total. The minimum atomic E-state index is -3.28. The van der Waals surface area contributed by atoms with Crippen LogP contribution in [0.5, 0.6) is 5.75 Å². The van der Waals surface area contributed by atoms with E-state index in [4.69, 9.17) is 4.74 Å². The highest BCUT2D eigenvalue weighted by atomic mass is 32.2. The predicted octanol–water partition coefficient (Wildman–Crippen LogP) is 0.606. The topological polar surface area (TPSA) is 82.2 Å². The van der Waals surface area contributed by atoms with Gasteiger partial charge < -0.3 is 15.0 Å². The van der Waals surface area contributed by atoms with E-state index >= 15 is 0 Å². The molecule has 2 fully saturated rings. The number of carbonyl (C=O) groups is 1. The van der Waals surface area contributed by atoms with Crippen LogP contribution in [-0.4, -0.2) is 100 Å². The average Bonchev–Trinajstić information content (AvgIpc) is 2.73. The summed E-state index contributed by atoms with van der Waals surface area (Å²) < 4.78 is 44.7. The number of carbonyl (C=O) groups excluding carboxylic acids is 1. The number of piperazine rings is 1. The highest BCUT2D eigenvalue weighted by Crippen LogP contribution is 2.20. The monoisotopic (exact) mass is 442 g/mol. The van der Waals surface area contributed by atoms with Crippen molar-refractivity contribution >= 4 is 15.9 Å². The van der Waals surface area contributed by atoms with Crippen LogP contribution in [0.3, 0.4) is 0 Å². The first kappa shape index (κ1) is 22.9. The molecule has 0 aliphatic carbocycles. The number of nitrogens with zero attached hydrogens (tertiary/aromatic N) is 3. The van der Waals surface area contributed by atoms with Crippen LogP contribution in [0.4, 0.5) is 4.39 Å². The van der Waals surface area contributed by atoms with Gasteiger partial charge in [-0.25, -0.2) is 12.8 Å². The molecule has 3 rings (SSSR count). The molecule has 0 unspecified atom stereocenters. The van der Waals surface area contributed by atoms with Crippen LogP contribution < -0.4 is 10.1 Å². The van der Waals surface area contributed by atoms with Gasteiger partial charge in [0.05, 0.1) is 11.8 Å². The second-order valence-corrected chi connectivity index (χ2v) is 9.89. The van der Waals surface area contributed by atoms with E-state index in [0.717, 1.165) is 38.7 Å². The van der Waals surface area contributed by atoms with E-state index in [2.05, 4.69) is 17.3 Å². The van der Waals surface area contributed by atoms with Crippen LogP contribution in [0.2, 0.25) is 0 Å². The van der Waals surface area contributed by atoms with E-state index in [1.807, 2.05) is 0 Å². The fraction of sp³-hybridized carbons (Fsp3) is 0.650. The maximum atomic E-state index is 14.5. The lowest BCUT2D eigenvalue weighted by atomic mass is 10.1. The van der Waals surface area contributed by atoms with Crippen molar-refractivity contribution in [2.45, 2.75) is 18.9 Å². The highest BCUT2D eigenvalue weighted by molar-refractivity contribution is 7.88. The van der Waals surface area contributed by atoms with Gasteiger partial charge in [0.2, 0.25) is 10.0 Å². The van der Waals surface area contributed by atoms with Crippen molar-refractivity contribution in [2.24, 2.45) is 0 Å². The highest BCUT2D eigenvalue weighted by Gasteiger charge is 2.28. The molecule has 2 saturated heterocycles. The Bertz CT molecular complexity index is 837. The molecule has 10 heteroatoms. The fourth-order valence-electron chi connectivity index (χ4n) is 3.89. The number of rotatable bonds is 7. The maximum Gasteiger partial charge on any atom is 0.256 e. The molecule has 0 atom stereocenters. The predicted molar refractivity (Wildman–Crippen MR) is 113 cm³/mol. The second-order valence-electron chi connectivity index (χ2n) is 7.91. The van der Waals surface area contributed by atoms with Gasteiger partial charge in [0, 0.05) is 44.8 Å². The van der Waals surface area contributed by atoms with Gasteiger partial charge >= 0.3 is 0 Å². The van der Waals surface area contributed by atoms with Gasteiger partial charge in [-0.3, -0.25) is 9.69 Å². The molecule has 30 heavy (non-hydrogen) atoms. The molecular weight excluding hydrogens is 411 g/mol. The van der Waals surface area contributed by atoms with Gasteiger partial charge in [0.1, 0.15) is 18.2 Å². The van der Waals surface area contributed by atoms with Gasteiger partial charge in [-0.05, 0) is 45.1 Å². The summed E-state index contributed by atoms with van der Waals surface area (Å²) in [5.74, 6) is -0.669. The van der Waals surface area contributed by atoms with E-state index in [-0.39, 0.29) is 31.7 Å². The van der Waals surface area contributed by atoms with Gasteiger partial charge in [-0.15, -0.1) is 0 Å². The van der Waals surface area contributed by atoms with Crippen LogP contribution in [-0.2, 0) is 10.0 Å². The lowest BCUT2D eigenvalue weighted by Crippen LogP contribution is -2.50. The molecule has 0 aromatic heterocycles. The third-order valence-corrected chi connectivity index (χ3v) is 7.11. The first-order valence-electron chi connectivity index (χ1n) is 10.3. The molecule has 8 nitrogen and oxygen atoms in total. The van der Waals surface area contributed by atoms with E-state index in [1.165, 1.54) is 21.3 Å². The first-order valence-corrected chi connectivity index (χ1v) is 12.2. The third-order valence-electron chi connectivity index (χ3n) is 5.81. The molecule has 1 aromatic carbocycles. The van der Waals surface area contributed by atoms with Crippen LogP contribution >= 0.6 is 0 Å². The standard InChI is InChI=1S/C20H31FN4O4S/c1-23(16-5-7-22-8-6-16)13-14-29-17-3-4-18(19(21)15-17)20(26)24-9-11-25(12-10-24)30(2,27)28/h3-4,15-16,22H,5-14H2,1-2H3. The first-order chi connectivity index (χ1) is 14.3. The molecule has 1 amide bonds. The van der Waals surface area contributed by atoms with Gasteiger partial charge in [-0.1, -0.05) is 0 Å². The molecule has 0 spiro atoms. The lowest BCUT2D eigenvalue weighted by Gasteiger charge is -2.33. The molecular formula is C20H31FN4O4S. The Morgan fingerprint density at radius 2 is 1.90 bits per heavy atom. The average molecular weight is 443 g/mol. The number of likely N-dealkylation sites (N-methyl/N-ethyl adjacent to an activating group) is 1. The zero-order valence-corrected chi connectivity index (χ0v) is 18.5. The van der Waals surface area contributed by atoms with E-state index in [1.54, 1.807) is 6.07 Å². The smallest absolute Gasteiger partial charge is 0.256 e. The third kappa shape index (κ3) is 5.90. The summed E-state index contributed by atoms with van der Waals surface area (Å²) in [4.78, 5) is 16.4. The molecule has 168 valence electrons. The van der Waals surface area contributed by atoms with Crippen molar-refractivity contribution < 1.29 is 22.3 Å². The Morgan fingerprint density at radius 3 is 2.50 bits per heavy atom. The number of amides is 1. The van der Waals surface area contributed by atoms with Gasteiger partial charge in [0.15, 0.2) is 0 Å². The van der Waals surface area contributed by atoms with Crippen LogP contribution in [0.1, 0.15) is 23.2 Å². The SMILES string of the molecule is CN(CCOc1ccc(C(=O)N2CCN(S(C)(=O)=O)CC2)c(F)c1)C1CCNCC1. The number of sulfonamides is 1. The summed E-state index contributed by atoms with van der Waals surface area (Å²) in [6, 6.07) is 4.82. The van der Waals surface area contributed by atoms with Crippen LogP contribution in [0, 0.1) is 5.82 Å². The Hall–Kier alpha value is -1.75. The number of nitrogens with one attached hydrogen (secondary N) is 1. The van der Waals surface area contributed by atoms with Crippen molar-refractivity contribution in [1.29, 1.82) is 0 Å². The second kappa shape index (κ2) is 10.0. The van der Waals surface area contributed by atoms with Crippen molar-refractivity contribution in [2.75, 3.05) is 65.7 Å². The summed E-state index contributed by atoms with van der Waals surface area (Å²) in [6.07, 6.45) is 3.37. The summed E-state index contributed by atoms with van der Waals surface area (Å²) in [6.45, 7) is 4.17. The number of benzene rings is 1. The summed E-state index contributed by atoms with van der Waals surface area (Å²) in [5, 5.41) is 3.34. The Kier molecular flexibility index (Phi) is 7.67. The minimum Gasteiger partial charge on any atom is -0.492 e. The molecule has 2 aliphatic heterocycles. The maximum absolute atomic E-state index is 14.5. The lowest BCUT2D eigenvalue weighted by molar-refractivity contribution is 0.0693. The molecule has 1 aromatic rings. The summed E-state index contributed by atoms with van der Waals surface area (Å²) in [7, 11) is -1.20. The number of hydrogen-bond donors (Lipinski definition) is 1. The Labute approximate surface area is 178 Å². The minimum absolute atomic E-state index is 0.0259. The Balaban J connectivity index is 1.50. The molecule has 0 bridgehead atoms.